The molecule has 4 rings (SSSR count). The number of hydrogen-bond acceptors (Lipinski definition) is 4. The first kappa shape index (κ1) is 20.0. The second kappa shape index (κ2) is 8.62. The van der Waals surface area contributed by atoms with Crippen LogP contribution in [0, 0.1) is 17.0 Å². The zero-order chi connectivity index (χ0) is 21.8. The highest BCUT2D eigenvalue weighted by Gasteiger charge is 2.10. The molecule has 0 bridgehead atoms. The number of aromatic nitrogens is 1. The van der Waals surface area contributed by atoms with Gasteiger partial charge in [0.1, 0.15) is 0 Å². The van der Waals surface area contributed by atoms with Crippen LogP contribution in [0.25, 0.3) is 10.9 Å². The summed E-state index contributed by atoms with van der Waals surface area (Å²) in [5.74, 6) is -0.436. The Kier molecular flexibility index (Phi) is 5.57. The van der Waals surface area contributed by atoms with Crippen LogP contribution in [-0.2, 0) is 6.54 Å². The van der Waals surface area contributed by atoms with E-state index in [1.165, 1.54) is 35.4 Å². The highest BCUT2D eigenvalue weighted by Crippen LogP contribution is 2.21. The quantitative estimate of drug-likeness (QED) is 0.283. The molecule has 0 fully saturated rings. The fraction of sp³-hybridized carbons (Fsp3) is 0.0833. The summed E-state index contributed by atoms with van der Waals surface area (Å²) in [6.07, 6.45) is 3.61. The van der Waals surface area contributed by atoms with Gasteiger partial charge in [-0.3, -0.25) is 14.9 Å². The van der Waals surface area contributed by atoms with Gasteiger partial charge in [-0.25, -0.2) is 5.43 Å². The van der Waals surface area contributed by atoms with Crippen molar-refractivity contribution in [3.05, 3.63) is 111 Å². The molecule has 0 aliphatic rings. The van der Waals surface area contributed by atoms with Crippen molar-refractivity contribution in [3.63, 3.8) is 0 Å². The zero-order valence-corrected chi connectivity index (χ0v) is 16.9. The summed E-state index contributed by atoms with van der Waals surface area (Å²) < 4.78 is 2.15. The van der Waals surface area contributed by atoms with Gasteiger partial charge in [-0.2, -0.15) is 5.10 Å². The molecule has 0 unspecified atom stereocenters. The molecule has 0 saturated heterocycles. The summed E-state index contributed by atoms with van der Waals surface area (Å²) >= 11 is 0. The smallest absolute Gasteiger partial charge is 0.271 e. The molecular formula is C24H20N4O3. The number of nitro benzene ring substituents is 1. The van der Waals surface area contributed by atoms with Gasteiger partial charge in [0.25, 0.3) is 11.6 Å². The van der Waals surface area contributed by atoms with Gasteiger partial charge in [-0.05, 0) is 30.7 Å². The van der Waals surface area contributed by atoms with Gasteiger partial charge in [0.05, 0.1) is 11.1 Å². The van der Waals surface area contributed by atoms with Crippen molar-refractivity contribution in [1.29, 1.82) is 0 Å². The SMILES string of the molecule is Cc1ccc(Cn2cc(C=NNC(=O)c3ccc([N+](=O)[O-])cc3)c3ccccc32)cc1. The summed E-state index contributed by atoms with van der Waals surface area (Å²) in [7, 11) is 0. The molecule has 1 aromatic heterocycles. The van der Waals surface area contributed by atoms with Crippen LogP contribution in [0.4, 0.5) is 5.69 Å². The number of hydrazone groups is 1. The molecule has 7 nitrogen and oxygen atoms in total. The number of nitrogens with zero attached hydrogens (tertiary/aromatic N) is 3. The van der Waals surface area contributed by atoms with E-state index in [1.54, 1.807) is 6.21 Å². The lowest BCUT2D eigenvalue weighted by Crippen LogP contribution is -2.17. The molecule has 0 radical (unpaired) electrons. The number of para-hydroxylation sites is 1. The lowest BCUT2D eigenvalue weighted by molar-refractivity contribution is -0.384. The van der Waals surface area contributed by atoms with E-state index in [1.807, 2.05) is 24.4 Å². The molecule has 4 aromatic rings. The molecule has 0 aliphatic carbocycles. The topological polar surface area (TPSA) is 89.5 Å². The van der Waals surface area contributed by atoms with Crippen LogP contribution < -0.4 is 5.43 Å². The zero-order valence-electron chi connectivity index (χ0n) is 16.9. The monoisotopic (exact) mass is 412 g/mol. The van der Waals surface area contributed by atoms with Crippen molar-refractivity contribution in [2.45, 2.75) is 13.5 Å². The first-order chi connectivity index (χ1) is 15.0. The normalized spacial score (nSPS) is 11.1. The predicted octanol–water partition coefficient (Wildman–Crippen LogP) is 4.67. The van der Waals surface area contributed by atoms with Crippen LogP contribution in [0.15, 0.2) is 84.1 Å². The maximum absolute atomic E-state index is 12.3. The lowest BCUT2D eigenvalue weighted by Gasteiger charge is -2.06. The van der Waals surface area contributed by atoms with E-state index in [0.29, 0.717) is 5.56 Å². The highest BCUT2D eigenvalue weighted by molar-refractivity contribution is 6.00. The largest absolute Gasteiger partial charge is 0.342 e. The first-order valence-corrected chi connectivity index (χ1v) is 9.72. The molecule has 7 heteroatoms. The van der Waals surface area contributed by atoms with Crippen LogP contribution in [-0.4, -0.2) is 21.6 Å². The fourth-order valence-electron chi connectivity index (χ4n) is 3.36. The van der Waals surface area contributed by atoms with Gasteiger partial charge < -0.3 is 4.57 Å². The van der Waals surface area contributed by atoms with Crippen LogP contribution in [0.2, 0.25) is 0 Å². The third kappa shape index (κ3) is 4.51. The summed E-state index contributed by atoms with van der Waals surface area (Å²) in [4.78, 5) is 22.5. The molecule has 0 aliphatic heterocycles. The molecule has 0 saturated carbocycles. The standard InChI is InChI=1S/C24H20N4O3/c1-17-6-8-18(9-7-17)15-27-16-20(22-4-2-3-5-23(22)27)14-25-26-24(29)19-10-12-21(13-11-19)28(30)31/h2-14,16H,15H2,1H3,(H,26,29). The number of aryl methyl sites for hydroxylation is 1. The number of fused-ring (bicyclic) bond motifs is 1. The third-order valence-corrected chi connectivity index (χ3v) is 5.00. The Labute approximate surface area is 178 Å². The van der Waals surface area contributed by atoms with Crippen molar-refractivity contribution < 1.29 is 9.72 Å². The van der Waals surface area contributed by atoms with Crippen LogP contribution in [0.1, 0.15) is 27.0 Å². The Bertz CT molecular complexity index is 1270. The van der Waals surface area contributed by atoms with E-state index in [2.05, 4.69) is 52.3 Å². The van der Waals surface area contributed by atoms with E-state index >= 15 is 0 Å². The molecule has 1 N–H and O–H groups in total. The van der Waals surface area contributed by atoms with E-state index in [9.17, 15) is 14.9 Å². The second-order valence-corrected chi connectivity index (χ2v) is 7.22. The van der Waals surface area contributed by atoms with Crippen molar-refractivity contribution in [3.8, 4) is 0 Å². The van der Waals surface area contributed by atoms with Gasteiger partial charge >= 0.3 is 0 Å². The maximum atomic E-state index is 12.3. The minimum absolute atomic E-state index is 0.0681. The first-order valence-electron chi connectivity index (χ1n) is 9.72. The number of nitrogens with one attached hydrogen (secondary N) is 1. The number of non-ortho nitro benzene ring substituents is 1. The maximum Gasteiger partial charge on any atom is 0.271 e. The fourth-order valence-corrected chi connectivity index (χ4v) is 3.36. The average Bonchev–Trinajstić information content (AvgIpc) is 3.13. The van der Waals surface area contributed by atoms with Crippen LogP contribution in [0.3, 0.4) is 0 Å². The number of nitro groups is 1. The van der Waals surface area contributed by atoms with Gasteiger partial charge in [0.2, 0.25) is 0 Å². The molecule has 1 heterocycles. The predicted molar refractivity (Wildman–Crippen MR) is 120 cm³/mol. The van der Waals surface area contributed by atoms with Crippen molar-refractivity contribution in [1.82, 2.24) is 9.99 Å². The number of hydrogen-bond donors (Lipinski definition) is 1. The molecule has 0 atom stereocenters. The molecule has 3 aromatic carbocycles. The van der Waals surface area contributed by atoms with Crippen molar-refractivity contribution >= 4 is 28.7 Å². The minimum atomic E-state index is -0.508. The van der Waals surface area contributed by atoms with Crippen LogP contribution >= 0.6 is 0 Å². The molecule has 1 amide bonds. The van der Waals surface area contributed by atoms with E-state index < -0.39 is 10.8 Å². The third-order valence-electron chi connectivity index (χ3n) is 5.00. The Morgan fingerprint density at radius 1 is 1.06 bits per heavy atom. The molecular weight excluding hydrogens is 392 g/mol. The van der Waals surface area contributed by atoms with Gasteiger partial charge in [-0.15, -0.1) is 0 Å². The van der Waals surface area contributed by atoms with Gasteiger partial charge in [0.15, 0.2) is 0 Å². The average molecular weight is 412 g/mol. The van der Waals surface area contributed by atoms with E-state index in [4.69, 9.17) is 0 Å². The van der Waals surface area contributed by atoms with Gasteiger partial charge in [0, 0.05) is 46.9 Å². The minimum Gasteiger partial charge on any atom is -0.342 e. The number of rotatable bonds is 6. The van der Waals surface area contributed by atoms with E-state index in [0.717, 1.165) is 23.0 Å². The summed E-state index contributed by atoms with van der Waals surface area (Å²) in [6, 6.07) is 21.8. The Balaban J connectivity index is 1.52. The van der Waals surface area contributed by atoms with Crippen molar-refractivity contribution in [2.24, 2.45) is 5.10 Å². The van der Waals surface area contributed by atoms with Crippen molar-refractivity contribution in [2.75, 3.05) is 0 Å². The highest BCUT2D eigenvalue weighted by atomic mass is 16.6. The van der Waals surface area contributed by atoms with Crippen LogP contribution in [0.5, 0.6) is 0 Å². The molecule has 31 heavy (non-hydrogen) atoms. The summed E-state index contributed by atoms with van der Waals surface area (Å²) in [6.45, 7) is 2.79. The number of benzene rings is 3. The number of amides is 1. The number of carbonyl (C=O) groups is 1. The second-order valence-electron chi connectivity index (χ2n) is 7.22. The summed E-state index contributed by atoms with van der Waals surface area (Å²) in [5, 5.41) is 15.8. The Morgan fingerprint density at radius 3 is 2.48 bits per heavy atom. The number of carbonyl (C=O) groups excluding carboxylic acids is 1. The Morgan fingerprint density at radius 2 is 1.77 bits per heavy atom. The molecule has 0 spiro atoms. The van der Waals surface area contributed by atoms with E-state index in [-0.39, 0.29) is 5.69 Å². The Hall–Kier alpha value is -4.26. The summed E-state index contributed by atoms with van der Waals surface area (Å²) in [5.41, 5.74) is 7.08. The lowest BCUT2D eigenvalue weighted by atomic mass is 10.1. The molecule has 154 valence electrons. The van der Waals surface area contributed by atoms with Gasteiger partial charge in [-0.1, -0.05) is 48.0 Å².